The molecule has 0 aromatic rings. The van der Waals surface area contributed by atoms with E-state index in [9.17, 15) is 28.8 Å². The summed E-state index contributed by atoms with van der Waals surface area (Å²) in [5.41, 5.74) is 0. The van der Waals surface area contributed by atoms with Gasteiger partial charge in [0.15, 0.2) is 0 Å². The van der Waals surface area contributed by atoms with Gasteiger partial charge < -0.3 is 0 Å². The second-order valence-electron chi connectivity index (χ2n) is 5.07. The molecule has 0 spiro atoms. The number of amides is 4. The van der Waals surface area contributed by atoms with Crippen LogP contribution in [-0.2, 0) is 28.8 Å². The molecule has 9 heteroatoms. The molecule has 0 aromatic heterocycles. The van der Waals surface area contributed by atoms with E-state index in [4.69, 9.17) is 11.6 Å². The van der Waals surface area contributed by atoms with Crippen molar-refractivity contribution >= 4 is 46.3 Å². The monoisotopic (exact) mass is 398 g/mol. The van der Waals surface area contributed by atoms with E-state index in [-0.39, 0.29) is 43.5 Å². The van der Waals surface area contributed by atoms with E-state index >= 15 is 0 Å². The van der Waals surface area contributed by atoms with Crippen molar-refractivity contribution < 1.29 is 28.8 Å². The molecular weight excluding hydrogens is 376 g/mol. The van der Waals surface area contributed by atoms with Crippen molar-refractivity contribution in [1.29, 1.82) is 0 Å². The maximum atomic E-state index is 11.0. The number of nitrogens with zero attached hydrogens (tertiary/aromatic N) is 2. The molecule has 148 valence electrons. The van der Waals surface area contributed by atoms with Crippen LogP contribution in [-0.4, -0.2) is 57.5 Å². The first-order valence-electron chi connectivity index (χ1n) is 8.53. The molecule has 2 aliphatic rings. The highest BCUT2D eigenvalue weighted by Crippen LogP contribution is 2.05. The molecule has 27 heavy (non-hydrogen) atoms. The van der Waals surface area contributed by atoms with Gasteiger partial charge in [0.1, 0.15) is 5.78 Å². The minimum Gasteiger partial charge on any atom is -0.300 e. The summed E-state index contributed by atoms with van der Waals surface area (Å²) in [5, 5.41) is -0.553. The lowest BCUT2D eigenvalue weighted by Crippen LogP contribution is -2.31. The van der Waals surface area contributed by atoms with Crippen molar-refractivity contribution in [3.8, 4) is 0 Å². The van der Waals surface area contributed by atoms with Crippen LogP contribution in [0.25, 0.3) is 0 Å². The van der Waals surface area contributed by atoms with E-state index < -0.39 is 17.1 Å². The molecule has 0 N–H and O–H groups in total. The predicted octanol–water partition coefficient (Wildman–Crippen LogP) is 1.37. The van der Waals surface area contributed by atoms with Gasteiger partial charge in [-0.1, -0.05) is 20.8 Å². The van der Waals surface area contributed by atoms with Crippen LogP contribution in [0.15, 0.2) is 24.3 Å². The van der Waals surface area contributed by atoms with Crippen LogP contribution in [0.3, 0.4) is 0 Å². The Labute approximate surface area is 162 Å². The van der Waals surface area contributed by atoms with Gasteiger partial charge in [0, 0.05) is 56.7 Å². The fourth-order valence-corrected chi connectivity index (χ4v) is 2.00. The lowest BCUT2D eigenvalue weighted by molar-refractivity contribution is -0.138. The SMILES string of the molecule is CC.CCC(=O)CCN1C(=O)C=CC1=O.O=C(Cl)CCN1C(=O)C=CC1=O. The van der Waals surface area contributed by atoms with Crippen LogP contribution in [0.4, 0.5) is 0 Å². The fourth-order valence-electron chi connectivity index (χ4n) is 1.92. The van der Waals surface area contributed by atoms with Gasteiger partial charge in [-0.15, -0.1) is 0 Å². The number of ketones is 1. The molecule has 4 amide bonds. The van der Waals surface area contributed by atoms with Gasteiger partial charge in [-0.3, -0.25) is 38.6 Å². The summed E-state index contributed by atoms with van der Waals surface area (Å²) in [6.07, 6.45) is 5.49. The fraction of sp³-hybridized carbons (Fsp3) is 0.444. The maximum Gasteiger partial charge on any atom is 0.253 e. The first kappa shape index (κ1) is 24.4. The third kappa shape index (κ3) is 8.54. The number of hydrogen-bond donors (Lipinski definition) is 0. The van der Waals surface area contributed by atoms with Crippen LogP contribution in [0, 0.1) is 0 Å². The number of carbonyl (C=O) groups excluding carboxylic acids is 6. The summed E-state index contributed by atoms with van der Waals surface area (Å²) in [6, 6.07) is 0. The smallest absolute Gasteiger partial charge is 0.253 e. The molecule has 0 radical (unpaired) electrons. The third-order valence-electron chi connectivity index (χ3n) is 3.34. The zero-order valence-corrected chi connectivity index (χ0v) is 16.3. The molecular formula is C18H23ClN2O6. The van der Waals surface area contributed by atoms with Crippen molar-refractivity contribution in [2.75, 3.05) is 13.1 Å². The van der Waals surface area contributed by atoms with Crippen molar-refractivity contribution in [3.05, 3.63) is 24.3 Å². The van der Waals surface area contributed by atoms with Crippen molar-refractivity contribution in [3.63, 3.8) is 0 Å². The van der Waals surface area contributed by atoms with E-state index in [1.54, 1.807) is 6.92 Å². The van der Waals surface area contributed by atoms with E-state index in [0.717, 1.165) is 9.80 Å². The average Bonchev–Trinajstić information content (AvgIpc) is 3.14. The number of carbonyl (C=O) groups is 6. The number of rotatable bonds is 7. The number of imide groups is 2. The first-order chi connectivity index (χ1) is 12.8. The second kappa shape index (κ2) is 12.7. The number of Topliss-reactive ketones (excluding diaryl/α,β-unsaturated/α-hetero) is 1. The zero-order chi connectivity index (χ0) is 21.0. The Balaban J connectivity index is 0.000000460. The standard InChI is InChI=1S/C9H11NO3.C7H6ClNO3.C2H6/c1-2-7(11)5-6-10-8(12)3-4-9(10)13;8-5(10)3-4-9-6(11)1-2-7(9)12;1-2/h3-4H,2,5-6H2,1H3;1-2H,3-4H2;1-2H3. The summed E-state index contributed by atoms with van der Waals surface area (Å²) in [5.74, 6) is -1.37. The Morgan fingerprint density at radius 1 is 0.778 bits per heavy atom. The average molecular weight is 399 g/mol. The normalized spacial score (nSPS) is 14.8. The topological polar surface area (TPSA) is 109 Å². The van der Waals surface area contributed by atoms with E-state index in [1.165, 1.54) is 24.3 Å². The highest BCUT2D eigenvalue weighted by molar-refractivity contribution is 6.63. The molecule has 0 saturated carbocycles. The third-order valence-corrected chi connectivity index (χ3v) is 3.53. The van der Waals surface area contributed by atoms with Gasteiger partial charge in [0.05, 0.1) is 0 Å². The van der Waals surface area contributed by atoms with E-state index in [1.807, 2.05) is 13.8 Å². The summed E-state index contributed by atoms with van der Waals surface area (Å²) < 4.78 is 0. The minimum absolute atomic E-state index is 0.000710. The molecule has 2 rings (SSSR count). The summed E-state index contributed by atoms with van der Waals surface area (Å²) >= 11 is 5.04. The van der Waals surface area contributed by atoms with Crippen LogP contribution >= 0.6 is 11.6 Å². The molecule has 0 bridgehead atoms. The summed E-state index contributed by atoms with van der Waals surface area (Å²) in [4.78, 5) is 67.0. The molecule has 0 aromatic carbocycles. The Hall–Kier alpha value is -2.61. The minimum atomic E-state index is -0.553. The summed E-state index contributed by atoms with van der Waals surface area (Å²) in [6.45, 7) is 6.03. The highest BCUT2D eigenvalue weighted by atomic mass is 35.5. The van der Waals surface area contributed by atoms with Gasteiger partial charge in [0.2, 0.25) is 5.24 Å². The largest absolute Gasteiger partial charge is 0.300 e. The second-order valence-corrected chi connectivity index (χ2v) is 5.49. The predicted molar refractivity (Wildman–Crippen MR) is 98.5 cm³/mol. The Bertz CT molecular complexity index is 633. The molecule has 0 atom stereocenters. The Morgan fingerprint density at radius 2 is 1.11 bits per heavy atom. The Kier molecular flexibility index (Phi) is 11.5. The van der Waals surface area contributed by atoms with Crippen LogP contribution in [0.1, 0.15) is 40.0 Å². The molecule has 0 aliphatic carbocycles. The molecule has 8 nitrogen and oxygen atoms in total. The van der Waals surface area contributed by atoms with Crippen molar-refractivity contribution in [2.45, 2.75) is 40.0 Å². The zero-order valence-electron chi connectivity index (χ0n) is 15.6. The van der Waals surface area contributed by atoms with Crippen molar-refractivity contribution in [2.24, 2.45) is 0 Å². The molecule has 0 fully saturated rings. The molecule has 0 saturated heterocycles. The van der Waals surface area contributed by atoms with Crippen LogP contribution in [0.5, 0.6) is 0 Å². The van der Waals surface area contributed by atoms with Gasteiger partial charge in [-0.25, -0.2) is 0 Å². The first-order valence-corrected chi connectivity index (χ1v) is 8.91. The molecule has 2 heterocycles. The van der Waals surface area contributed by atoms with E-state index in [0.29, 0.717) is 6.42 Å². The van der Waals surface area contributed by atoms with Gasteiger partial charge >= 0.3 is 0 Å². The quantitative estimate of drug-likeness (QED) is 0.473. The number of hydrogen-bond acceptors (Lipinski definition) is 6. The van der Waals surface area contributed by atoms with Crippen molar-refractivity contribution in [1.82, 2.24) is 9.80 Å². The molecule has 0 unspecified atom stereocenters. The highest BCUT2D eigenvalue weighted by Gasteiger charge is 2.23. The van der Waals surface area contributed by atoms with Crippen LogP contribution < -0.4 is 0 Å². The van der Waals surface area contributed by atoms with Gasteiger partial charge in [0.25, 0.3) is 23.6 Å². The maximum absolute atomic E-state index is 11.0. The Morgan fingerprint density at radius 3 is 1.41 bits per heavy atom. The summed E-state index contributed by atoms with van der Waals surface area (Å²) in [7, 11) is 0. The van der Waals surface area contributed by atoms with Gasteiger partial charge in [-0.2, -0.15) is 0 Å². The lowest BCUT2D eigenvalue weighted by atomic mass is 10.2. The van der Waals surface area contributed by atoms with Crippen LogP contribution in [0.2, 0.25) is 0 Å². The lowest BCUT2D eigenvalue weighted by Gasteiger charge is -2.11. The van der Waals surface area contributed by atoms with Gasteiger partial charge in [-0.05, 0) is 11.6 Å². The van der Waals surface area contributed by atoms with E-state index in [2.05, 4.69) is 0 Å². The number of halogens is 1. The molecule has 2 aliphatic heterocycles.